The Morgan fingerprint density at radius 3 is 2.28 bits per heavy atom. The number of Topliss-reactive ketones (excluding diaryl/α,β-unsaturated/α-hetero) is 1. The van der Waals surface area contributed by atoms with Gasteiger partial charge in [0.2, 0.25) is 0 Å². The maximum absolute atomic E-state index is 13.2. The molecule has 0 aromatic heterocycles. The minimum Gasteiger partial charge on any atom is -0.489 e. The van der Waals surface area contributed by atoms with Gasteiger partial charge in [-0.15, -0.1) is 0 Å². The van der Waals surface area contributed by atoms with Gasteiger partial charge in [0.05, 0.1) is 12.0 Å². The van der Waals surface area contributed by atoms with Crippen molar-refractivity contribution in [2.75, 3.05) is 0 Å². The number of rotatable bonds is 6. The highest BCUT2D eigenvalue weighted by molar-refractivity contribution is 5.96. The van der Waals surface area contributed by atoms with Crippen molar-refractivity contribution in [3.05, 3.63) is 64.7 Å². The standard InChI is InChI=1S/C18H15F3O4/c1-11(22)14-7-13(8-17(23)24)16(9-15(14)18(19,20)21)25-10-12-5-3-2-4-6-12/h2-7,9H,8,10H2,1H3,(H,23,24). The number of carboxylic acids is 1. The van der Waals surface area contributed by atoms with E-state index in [0.29, 0.717) is 11.6 Å². The lowest BCUT2D eigenvalue weighted by atomic mass is 9.98. The molecular formula is C18H15F3O4. The van der Waals surface area contributed by atoms with E-state index in [2.05, 4.69) is 0 Å². The van der Waals surface area contributed by atoms with Crippen molar-refractivity contribution >= 4 is 11.8 Å². The van der Waals surface area contributed by atoms with E-state index in [1.807, 2.05) is 0 Å². The fourth-order valence-corrected chi connectivity index (χ4v) is 2.32. The van der Waals surface area contributed by atoms with Gasteiger partial charge in [0, 0.05) is 11.1 Å². The molecule has 2 rings (SSSR count). The average molecular weight is 352 g/mol. The molecule has 0 bridgehead atoms. The third-order valence-corrected chi connectivity index (χ3v) is 3.46. The van der Waals surface area contributed by atoms with E-state index in [0.717, 1.165) is 13.0 Å². The zero-order chi connectivity index (χ0) is 18.6. The molecule has 0 saturated heterocycles. The Balaban J connectivity index is 2.47. The molecule has 1 N–H and O–H groups in total. The fraction of sp³-hybridized carbons (Fsp3) is 0.222. The summed E-state index contributed by atoms with van der Waals surface area (Å²) in [5.74, 6) is -2.24. The summed E-state index contributed by atoms with van der Waals surface area (Å²) in [4.78, 5) is 22.5. The third-order valence-electron chi connectivity index (χ3n) is 3.46. The van der Waals surface area contributed by atoms with Gasteiger partial charge in [-0.3, -0.25) is 9.59 Å². The number of aliphatic carboxylic acids is 1. The number of ether oxygens (including phenoxy) is 1. The first kappa shape index (κ1) is 18.5. The van der Waals surface area contributed by atoms with Gasteiger partial charge in [-0.25, -0.2) is 0 Å². The quantitative estimate of drug-likeness (QED) is 0.795. The van der Waals surface area contributed by atoms with Crippen LogP contribution >= 0.6 is 0 Å². The predicted molar refractivity (Wildman–Crippen MR) is 83.6 cm³/mol. The Kier molecular flexibility index (Phi) is 5.46. The second-order valence-corrected chi connectivity index (χ2v) is 5.40. The molecule has 0 fully saturated rings. The first-order valence-electron chi connectivity index (χ1n) is 7.32. The lowest BCUT2D eigenvalue weighted by Crippen LogP contribution is -2.14. The maximum Gasteiger partial charge on any atom is 0.417 e. The van der Waals surface area contributed by atoms with Crippen LogP contribution in [-0.2, 0) is 24.0 Å². The minimum absolute atomic E-state index is 0.0154. The highest BCUT2D eigenvalue weighted by Crippen LogP contribution is 2.37. The first-order valence-corrected chi connectivity index (χ1v) is 7.32. The van der Waals surface area contributed by atoms with Gasteiger partial charge in [-0.1, -0.05) is 30.3 Å². The highest BCUT2D eigenvalue weighted by Gasteiger charge is 2.36. The van der Waals surface area contributed by atoms with Gasteiger partial charge in [-0.05, 0) is 24.6 Å². The van der Waals surface area contributed by atoms with Gasteiger partial charge in [0.1, 0.15) is 12.4 Å². The van der Waals surface area contributed by atoms with Crippen molar-refractivity contribution in [1.82, 2.24) is 0 Å². The van der Waals surface area contributed by atoms with Gasteiger partial charge in [-0.2, -0.15) is 13.2 Å². The monoisotopic (exact) mass is 352 g/mol. The summed E-state index contributed by atoms with van der Waals surface area (Å²) in [5, 5.41) is 8.97. The van der Waals surface area contributed by atoms with Crippen molar-refractivity contribution in [2.45, 2.75) is 26.1 Å². The summed E-state index contributed by atoms with van der Waals surface area (Å²) >= 11 is 0. The smallest absolute Gasteiger partial charge is 0.417 e. The molecule has 25 heavy (non-hydrogen) atoms. The molecule has 0 aliphatic rings. The van der Waals surface area contributed by atoms with E-state index in [4.69, 9.17) is 9.84 Å². The third kappa shape index (κ3) is 4.82. The van der Waals surface area contributed by atoms with Crippen molar-refractivity contribution < 1.29 is 32.6 Å². The SMILES string of the molecule is CC(=O)c1cc(CC(=O)O)c(OCc2ccccc2)cc1C(F)(F)F. The molecule has 0 unspecified atom stereocenters. The van der Waals surface area contributed by atoms with Crippen LogP contribution in [0.15, 0.2) is 42.5 Å². The molecule has 0 spiro atoms. The van der Waals surface area contributed by atoms with Crippen LogP contribution in [0.4, 0.5) is 13.2 Å². The Bertz CT molecular complexity index is 783. The summed E-state index contributed by atoms with van der Waals surface area (Å²) in [7, 11) is 0. The van der Waals surface area contributed by atoms with Crippen molar-refractivity contribution in [1.29, 1.82) is 0 Å². The molecule has 0 saturated carbocycles. The average Bonchev–Trinajstić information content (AvgIpc) is 2.52. The topological polar surface area (TPSA) is 63.6 Å². The van der Waals surface area contributed by atoms with E-state index in [1.54, 1.807) is 30.3 Å². The molecule has 2 aromatic rings. The number of hydrogen-bond donors (Lipinski definition) is 1. The van der Waals surface area contributed by atoms with Gasteiger partial charge < -0.3 is 9.84 Å². The number of carbonyl (C=O) groups excluding carboxylic acids is 1. The molecule has 0 radical (unpaired) electrons. The Labute approximate surface area is 141 Å². The summed E-state index contributed by atoms with van der Waals surface area (Å²) in [5.41, 5.74) is -0.984. The second kappa shape index (κ2) is 7.38. The largest absolute Gasteiger partial charge is 0.489 e. The maximum atomic E-state index is 13.2. The summed E-state index contributed by atoms with van der Waals surface area (Å²) < 4.78 is 45.1. The lowest BCUT2D eigenvalue weighted by molar-refractivity contribution is -0.138. The number of carbonyl (C=O) groups is 2. The fourth-order valence-electron chi connectivity index (χ4n) is 2.32. The van der Waals surface area contributed by atoms with Crippen LogP contribution in [0.25, 0.3) is 0 Å². The van der Waals surface area contributed by atoms with E-state index >= 15 is 0 Å². The molecule has 0 aliphatic carbocycles. The van der Waals surface area contributed by atoms with Crippen LogP contribution in [0.5, 0.6) is 5.75 Å². The van der Waals surface area contributed by atoms with Crippen LogP contribution in [0, 0.1) is 0 Å². The summed E-state index contributed by atoms with van der Waals surface area (Å²) in [6.45, 7) is 0.976. The number of halogens is 3. The minimum atomic E-state index is -4.76. The number of ketones is 1. The first-order chi connectivity index (χ1) is 11.7. The Morgan fingerprint density at radius 2 is 1.76 bits per heavy atom. The Morgan fingerprint density at radius 1 is 1.12 bits per heavy atom. The molecule has 2 aromatic carbocycles. The van der Waals surface area contributed by atoms with E-state index in [1.165, 1.54) is 0 Å². The molecule has 0 heterocycles. The summed E-state index contributed by atoms with van der Waals surface area (Å²) in [6.07, 6.45) is -5.31. The van der Waals surface area contributed by atoms with Gasteiger partial charge >= 0.3 is 12.1 Å². The number of benzene rings is 2. The predicted octanol–water partition coefficient (Wildman–Crippen LogP) is 4.11. The highest BCUT2D eigenvalue weighted by atomic mass is 19.4. The van der Waals surface area contributed by atoms with Crippen molar-refractivity contribution in [2.24, 2.45) is 0 Å². The van der Waals surface area contributed by atoms with E-state index in [-0.39, 0.29) is 17.9 Å². The van der Waals surface area contributed by atoms with Gasteiger partial charge in [0.15, 0.2) is 5.78 Å². The van der Waals surface area contributed by atoms with Crippen molar-refractivity contribution in [3.63, 3.8) is 0 Å². The molecule has 0 amide bonds. The molecule has 0 aliphatic heterocycles. The zero-order valence-electron chi connectivity index (χ0n) is 13.3. The van der Waals surface area contributed by atoms with Crippen LogP contribution in [0.3, 0.4) is 0 Å². The number of carboxylic acid groups (broad SMARTS) is 1. The zero-order valence-corrected chi connectivity index (χ0v) is 13.3. The molecule has 132 valence electrons. The van der Waals surface area contributed by atoms with Crippen LogP contribution in [0.2, 0.25) is 0 Å². The van der Waals surface area contributed by atoms with Crippen LogP contribution in [0.1, 0.15) is 34.0 Å². The van der Waals surface area contributed by atoms with E-state index < -0.39 is 35.5 Å². The molecule has 0 atom stereocenters. The van der Waals surface area contributed by atoms with Crippen LogP contribution in [-0.4, -0.2) is 16.9 Å². The van der Waals surface area contributed by atoms with Crippen molar-refractivity contribution in [3.8, 4) is 5.75 Å². The van der Waals surface area contributed by atoms with Crippen LogP contribution < -0.4 is 4.74 Å². The van der Waals surface area contributed by atoms with E-state index in [9.17, 15) is 22.8 Å². The molecule has 7 heteroatoms. The Hall–Kier alpha value is -2.83. The second-order valence-electron chi connectivity index (χ2n) is 5.40. The lowest BCUT2D eigenvalue weighted by Gasteiger charge is -2.17. The summed E-state index contributed by atoms with van der Waals surface area (Å²) in [6, 6.07) is 10.4. The molecular weight excluding hydrogens is 337 g/mol. The number of hydrogen-bond acceptors (Lipinski definition) is 3. The normalized spacial score (nSPS) is 11.2. The van der Waals surface area contributed by atoms with Gasteiger partial charge in [0.25, 0.3) is 0 Å². The molecule has 4 nitrogen and oxygen atoms in total. The number of alkyl halides is 3.